The van der Waals surface area contributed by atoms with Crippen molar-refractivity contribution < 1.29 is 19.1 Å². The van der Waals surface area contributed by atoms with Crippen LogP contribution < -0.4 is 0 Å². The maximum Gasteiger partial charge on any atom is 0.411 e. The Morgan fingerprint density at radius 1 is 1.04 bits per heavy atom. The first-order valence-electron chi connectivity index (χ1n) is 8.63. The van der Waals surface area contributed by atoms with Gasteiger partial charge >= 0.3 is 12.1 Å². The lowest BCUT2D eigenvalue weighted by Crippen LogP contribution is -2.38. The molecule has 0 spiro atoms. The third-order valence-electron chi connectivity index (χ3n) is 4.07. The molecule has 5 nitrogen and oxygen atoms in total. The zero-order valence-corrected chi connectivity index (χ0v) is 15.3. The number of esters is 1. The minimum Gasteiger partial charge on any atom is -0.458 e. The van der Waals surface area contributed by atoms with Crippen LogP contribution in [0.3, 0.4) is 0 Å². The molecule has 0 saturated carbocycles. The van der Waals surface area contributed by atoms with E-state index in [9.17, 15) is 9.59 Å². The van der Waals surface area contributed by atoms with Crippen LogP contribution in [0.4, 0.5) is 4.79 Å². The summed E-state index contributed by atoms with van der Waals surface area (Å²) in [6, 6.07) is 16.2. The SMILES string of the molecule is CC(C)(C)OC(=O)C1c2ccccc2CN1C(=O)OCc1ccccc1. The monoisotopic (exact) mass is 353 g/mol. The molecule has 0 N–H and O–H groups in total. The normalized spacial score (nSPS) is 16.1. The summed E-state index contributed by atoms with van der Waals surface area (Å²) < 4.78 is 11.0. The molecule has 5 heteroatoms. The first-order chi connectivity index (χ1) is 12.3. The van der Waals surface area contributed by atoms with Crippen molar-refractivity contribution in [3.8, 4) is 0 Å². The summed E-state index contributed by atoms with van der Waals surface area (Å²) >= 11 is 0. The fraction of sp³-hybridized carbons (Fsp3) is 0.333. The minimum absolute atomic E-state index is 0.160. The van der Waals surface area contributed by atoms with E-state index in [0.717, 1.165) is 16.7 Å². The summed E-state index contributed by atoms with van der Waals surface area (Å²) in [6.07, 6.45) is -0.527. The highest BCUT2D eigenvalue weighted by Gasteiger charge is 2.41. The first kappa shape index (κ1) is 18.0. The largest absolute Gasteiger partial charge is 0.458 e. The van der Waals surface area contributed by atoms with Crippen LogP contribution in [0.5, 0.6) is 0 Å². The summed E-state index contributed by atoms with van der Waals surface area (Å²) in [5, 5.41) is 0. The molecule has 0 radical (unpaired) electrons. The molecular weight excluding hydrogens is 330 g/mol. The average molecular weight is 353 g/mol. The number of nitrogens with zero attached hydrogens (tertiary/aromatic N) is 1. The van der Waals surface area contributed by atoms with Crippen molar-refractivity contribution >= 4 is 12.1 Å². The molecule has 1 amide bonds. The van der Waals surface area contributed by atoms with Crippen LogP contribution in [0, 0.1) is 0 Å². The van der Waals surface area contributed by atoms with E-state index >= 15 is 0 Å². The van der Waals surface area contributed by atoms with Crippen molar-refractivity contribution in [2.75, 3.05) is 0 Å². The highest BCUT2D eigenvalue weighted by atomic mass is 16.6. The summed E-state index contributed by atoms with van der Waals surface area (Å²) in [5.74, 6) is -0.445. The number of carbonyl (C=O) groups is 2. The zero-order chi connectivity index (χ0) is 18.7. The highest BCUT2D eigenvalue weighted by Crippen LogP contribution is 2.36. The van der Waals surface area contributed by atoms with Crippen LogP contribution in [-0.4, -0.2) is 22.6 Å². The van der Waals surface area contributed by atoms with Crippen LogP contribution in [0.25, 0.3) is 0 Å². The van der Waals surface area contributed by atoms with Gasteiger partial charge in [-0.15, -0.1) is 0 Å². The fourth-order valence-corrected chi connectivity index (χ4v) is 2.97. The van der Waals surface area contributed by atoms with Gasteiger partial charge in [0, 0.05) is 0 Å². The highest BCUT2D eigenvalue weighted by molar-refractivity contribution is 5.85. The van der Waals surface area contributed by atoms with Crippen LogP contribution in [-0.2, 0) is 27.4 Å². The predicted molar refractivity (Wildman–Crippen MR) is 97.2 cm³/mol. The molecule has 0 aromatic heterocycles. The number of carbonyl (C=O) groups excluding carboxylic acids is 2. The lowest BCUT2D eigenvalue weighted by Gasteiger charge is -2.27. The third-order valence-corrected chi connectivity index (χ3v) is 4.07. The smallest absolute Gasteiger partial charge is 0.411 e. The summed E-state index contributed by atoms with van der Waals surface area (Å²) in [4.78, 5) is 26.8. The zero-order valence-electron chi connectivity index (χ0n) is 15.3. The first-order valence-corrected chi connectivity index (χ1v) is 8.63. The molecule has 1 unspecified atom stereocenters. The van der Waals surface area contributed by atoms with E-state index in [-0.39, 0.29) is 6.61 Å². The van der Waals surface area contributed by atoms with Gasteiger partial charge in [-0.3, -0.25) is 4.90 Å². The minimum atomic E-state index is -0.784. The Kier molecular flexibility index (Phi) is 4.98. The predicted octanol–water partition coefficient (Wildman–Crippen LogP) is 4.22. The Morgan fingerprint density at radius 3 is 2.38 bits per heavy atom. The van der Waals surface area contributed by atoms with Crippen LogP contribution in [0.1, 0.15) is 43.5 Å². The molecule has 0 bridgehead atoms. The third kappa shape index (κ3) is 4.04. The average Bonchev–Trinajstić information content (AvgIpc) is 2.99. The maximum absolute atomic E-state index is 12.7. The molecule has 2 aromatic carbocycles. The van der Waals surface area contributed by atoms with Gasteiger partial charge in [0.2, 0.25) is 0 Å². The number of fused-ring (bicyclic) bond motifs is 1. The summed E-state index contributed by atoms with van der Waals surface area (Å²) in [7, 11) is 0. The number of rotatable bonds is 3. The second-order valence-corrected chi connectivity index (χ2v) is 7.30. The van der Waals surface area contributed by atoms with Gasteiger partial charge in [-0.25, -0.2) is 9.59 Å². The van der Waals surface area contributed by atoms with Gasteiger partial charge in [0.1, 0.15) is 12.2 Å². The standard InChI is InChI=1S/C21H23NO4/c1-21(2,3)26-19(23)18-17-12-8-7-11-16(17)13-22(18)20(24)25-14-15-9-5-4-6-10-15/h4-12,18H,13-14H2,1-3H3. The van der Waals surface area contributed by atoms with Crippen molar-refractivity contribution in [2.45, 2.75) is 45.6 Å². The Morgan fingerprint density at radius 2 is 1.69 bits per heavy atom. The molecule has 1 atom stereocenters. The lowest BCUT2D eigenvalue weighted by molar-refractivity contribution is -0.160. The van der Waals surface area contributed by atoms with E-state index in [1.54, 1.807) is 0 Å². The van der Waals surface area contributed by atoms with Gasteiger partial charge in [-0.2, -0.15) is 0 Å². The molecule has 1 aliphatic heterocycles. The summed E-state index contributed by atoms with van der Waals surface area (Å²) in [6.45, 7) is 5.92. The van der Waals surface area contributed by atoms with Crippen LogP contribution in [0.15, 0.2) is 54.6 Å². The Labute approximate surface area is 153 Å². The van der Waals surface area contributed by atoms with Gasteiger partial charge in [-0.1, -0.05) is 54.6 Å². The Bertz CT molecular complexity index is 795. The van der Waals surface area contributed by atoms with Gasteiger partial charge in [0.15, 0.2) is 6.04 Å². The molecule has 3 rings (SSSR count). The second kappa shape index (κ2) is 7.20. The van der Waals surface area contributed by atoms with E-state index in [4.69, 9.17) is 9.47 Å². The van der Waals surface area contributed by atoms with E-state index in [2.05, 4.69) is 0 Å². The molecule has 1 aliphatic rings. The second-order valence-electron chi connectivity index (χ2n) is 7.30. The van der Waals surface area contributed by atoms with E-state index < -0.39 is 23.7 Å². The molecule has 0 aliphatic carbocycles. The fourth-order valence-electron chi connectivity index (χ4n) is 2.97. The van der Waals surface area contributed by atoms with Crippen molar-refractivity contribution in [3.05, 3.63) is 71.3 Å². The van der Waals surface area contributed by atoms with Crippen molar-refractivity contribution in [3.63, 3.8) is 0 Å². The van der Waals surface area contributed by atoms with E-state index in [1.807, 2.05) is 75.4 Å². The van der Waals surface area contributed by atoms with Gasteiger partial charge in [-0.05, 0) is 37.5 Å². The van der Waals surface area contributed by atoms with Gasteiger partial charge < -0.3 is 9.47 Å². The quantitative estimate of drug-likeness (QED) is 0.775. The Hall–Kier alpha value is -2.82. The molecular formula is C21H23NO4. The van der Waals surface area contributed by atoms with Crippen molar-refractivity contribution in [1.29, 1.82) is 0 Å². The summed E-state index contributed by atoms with van der Waals surface area (Å²) in [5.41, 5.74) is 1.98. The van der Waals surface area contributed by atoms with Crippen molar-refractivity contribution in [2.24, 2.45) is 0 Å². The van der Waals surface area contributed by atoms with Crippen LogP contribution >= 0.6 is 0 Å². The molecule has 26 heavy (non-hydrogen) atoms. The molecule has 0 saturated heterocycles. The molecule has 2 aromatic rings. The molecule has 136 valence electrons. The number of amides is 1. The van der Waals surface area contributed by atoms with E-state index in [0.29, 0.717) is 6.54 Å². The van der Waals surface area contributed by atoms with Gasteiger partial charge in [0.05, 0.1) is 6.54 Å². The maximum atomic E-state index is 12.7. The van der Waals surface area contributed by atoms with E-state index in [1.165, 1.54) is 4.90 Å². The number of hydrogen-bond acceptors (Lipinski definition) is 4. The lowest BCUT2D eigenvalue weighted by atomic mass is 10.0. The Balaban J connectivity index is 1.78. The van der Waals surface area contributed by atoms with Crippen molar-refractivity contribution in [1.82, 2.24) is 4.90 Å². The number of ether oxygens (including phenoxy) is 2. The topological polar surface area (TPSA) is 55.8 Å². The molecule has 1 heterocycles. The number of benzene rings is 2. The molecule has 0 fully saturated rings. The van der Waals surface area contributed by atoms with Crippen LogP contribution in [0.2, 0.25) is 0 Å². The van der Waals surface area contributed by atoms with Gasteiger partial charge in [0.25, 0.3) is 0 Å². The number of hydrogen-bond donors (Lipinski definition) is 0.